The van der Waals surface area contributed by atoms with Crippen molar-refractivity contribution in [2.24, 2.45) is 0 Å². The molecule has 11 heavy (non-hydrogen) atoms. The van der Waals surface area contributed by atoms with Gasteiger partial charge in [-0.25, -0.2) is 0 Å². The summed E-state index contributed by atoms with van der Waals surface area (Å²) in [5.41, 5.74) is 2.26. The SMILES string of the molecule is CCc1ccccc1NCO. The Morgan fingerprint density at radius 2 is 2.09 bits per heavy atom. The van der Waals surface area contributed by atoms with E-state index in [0.29, 0.717) is 0 Å². The van der Waals surface area contributed by atoms with Crippen molar-refractivity contribution in [3.8, 4) is 0 Å². The zero-order valence-electron chi connectivity index (χ0n) is 6.67. The van der Waals surface area contributed by atoms with Gasteiger partial charge in [-0.2, -0.15) is 0 Å². The third-order valence-electron chi connectivity index (χ3n) is 1.67. The van der Waals surface area contributed by atoms with Crippen molar-refractivity contribution in [2.45, 2.75) is 13.3 Å². The van der Waals surface area contributed by atoms with Crippen LogP contribution in [0.2, 0.25) is 0 Å². The summed E-state index contributed by atoms with van der Waals surface area (Å²) in [7, 11) is 0. The van der Waals surface area contributed by atoms with Crippen molar-refractivity contribution >= 4 is 5.69 Å². The molecule has 1 aromatic rings. The van der Waals surface area contributed by atoms with Crippen LogP contribution in [0.3, 0.4) is 0 Å². The van der Waals surface area contributed by atoms with E-state index in [0.717, 1.165) is 12.1 Å². The maximum atomic E-state index is 8.63. The number of benzene rings is 1. The van der Waals surface area contributed by atoms with E-state index in [4.69, 9.17) is 5.11 Å². The van der Waals surface area contributed by atoms with E-state index in [1.165, 1.54) is 5.56 Å². The van der Waals surface area contributed by atoms with Gasteiger partial charge < -0.3 is 10.4 Å². The smallest absolute Gasteiger partial charge is 0.113 e. The van der Waals surface area contributed by atoms with Crippen LogP contribution in [-0.4, -0.2) is 11.8 Å². The maximum Gasteiger partial charge on any atom is 0.113 e. The van der Waals surface area contributed by atoms with E-state index in [2.05, 4.69) is 18.3 Å². The number of aliphatic hydroxyl groups is 1. The Labute approximate surface area is 66.9 Å². The van der Waals surface area contributed by atoms with E-state index in [1.807, 2.05) is 18.2 Å². The van der Waals surface area contributed by atoms with Crippen molar-refractivity contribution in [3.05, 3.63) is 29.8 Å². The number of hydrogen-bond donors (Lipinski definition) is 2. The molecule has 0 heterocycles. The van der Waals surface area contributed by atoms with E-state index in [-0.39, 0.29) is 6.73 Å². The van der Waals surface area contributed by atoms with Gasteiger partial charge in [-0.15, -0.1) is 0 Å². The van der Waals surface area contributed by atoms with E-state index >= 15 is 0 Å². The summed E-state index contributed by atoms with van der Waals surface area (Å²) < 4.78 is 0. The predicted octanol–water partition coefficient (Wildman–Crippen LogP) is 1.61. The first kappa shape index (κ1) is 8.08. The second-order valence-corrected chi connectivity index (χ2v) is 2.35. The molecule has 0 saturated carbocycles. The van der Waals surface area contributed by atoms with Crippen LogP contribution in [0, 0.1) is 0 Å². The number of aryl methyl sites for hydroxylation is 1. The normalized spacial score (nSPS) is 9.64. The Bertz CT molecular complexity index is 223. The molecule has 0 aromatic heterocycles. The summed E-state index contributed by atoms with van der Waals surface area (Å²) in [4.78, 5) is 0. The van der Waals surface area contributed by atoms with Gasteiger partial charge >= 0.3 is 0 Å². The standard InChI is InChI=1S/C9H13NO/c1-2-8-5-3-4-6-9(8)10-7-11/h3-6,10-11H,2,7H2,1H3. The first-order valence-corrected chi connectivity index (χ1v) is 3.81. The molecule has 1 rings (SSSR count). The Morgan fingerprint density at radius 1 is 1.36 bits per heavy atom. The number of rotatable bonds is 3. The highest BCUT2D eigenvalue weighted by molar-refractivity contribution is 5.50. The van der Waals surface area contributed by atoms with Crippen molar-refractivity contribution in [1.82, 2.24) is 0 Å². The Balaban J connectivity index is 2.83. The molecule has 0 bridgehead atoms. The predicted molar refractivity (Wildman–Crippen MR) is 46.5 cm³/mol. The molecule has 0 radical (unpaired) electrons. The lowest BCUT2D eigenvalue weighted by molar-refractivity contribution is 0.325. The van der Waals surface area contributed by atoms with E-state index in [1.54, 1.807) is 0 Å². The van der Waals surface area contributed by atoms with Gasteiger partial charge in [-0.3, -0.25) is 0 Å². The first-order valence-electron chi connectivity index (χ1n) is 3.81. The number of para-hydroxylation sites is 1. The topological polar surface area (TPSA) is 32.3 Å². The van der Waals surface area contributed by atoms with Gasteiger partial charge in [0.05, 0.1) is 0 Å². The second-order valence-electron chi connectivity index (χ2n) is 2.35. The Morgan fingerprint density at radius 3 is 2.73 bits per heavy atom. The van der Waals surface area contributed by atoms with Crippen LogP contribution in [0.4, 0.5) is 5.69 Å². The first-order chi connectivity index (χ1) is 5.38. The summed E-state index contributed by atoms with van der Waals surface area (Å²) in [6, 6.07) is 7.98. The quantitative estimate of drug-likeness (QED) is 0.643. The number of hydrogen-bond acceptors (Lipinski definition) is 2. The molecule has 0 fully saturated rings. The molecule has 0 aliphatic carbocycles. The van der Waals surface area contributed by atoms with Crippen LogP contribution in [-0.2, 0) is 6.42 Å². The molecule has 2 N–H and O–H groups in total. The minimum atomic E-state index is -0.00296. The summed E-state index contributed by atoms with van der Waals surface area (Å²) in [5, 5.41) is 11.5. The van der Waals surface area contributed by atoms with Crippen LogP contribution in [0.1, 0.15) is 12.5 Å². The lowest BCUT2D eigenvalue weighted by Crippen LogP contribution is -2.01. The van der Waals surface area contributed by atoms with Crippen molar-refractivity contribution in [2.75, 3.05) is 12.0 Å². The molecular formula is C9H13NO. The molecule has 0 aliphatic heterocycles. The monoisotopic (exact) mass is 151 g/mol. The minimum Gasteiger partial charge on any atom is -0.377 e. The highest BCUT2D eigenvalue weighted by Crippen LogP contribution is 2.14. The van der Waals surface area contributed by atoms with Crippen LogP contribution >= 0.6 is 0 Å². The third kappa shape index (κ3) is 1.95. The number of nitrogens with one attached hydrogen (secondary N) is 1. The Hall–Kier alpha value is -1.02. The fourth-order valence-electron chi connectivity index (χ4n) is 1.09. The Kier molecular flexibility index (Phi) is 2.93. The minimum absolute atomic E-state index is 0.00296. The molecular weight excluding hydrogens is 138 g/mol. The molecule has 0 aliphatic rings. The van der Waals surface area contributed by atoms with Gasteiger partial charge in [-0.05, 0) is 18.1 Å². The average Bonchev–Trinajstić information content (AvgIpc) is 2.06. The molecule has 60 valence electrons. The van der Waals surface area contributed by atoms with Gasteiger partial charge in [0.15, 0.2) is 0 Å². The van der Waals surface area contributed by atoms with Gasteiger partial charge in [0, 0.05) is 5.69 Å². The fraction of sp³-hybridized carbons (Fsp3) is 0.333. The molecule has 0 saturated heterocycles. The van der Waals surface area contributed by atoms with Crippen molar-refractivity contribution in [3.63, 3.8) is 0 Å². The lowest BCUT2D eigenvalue weighted by Gasteiger charge is -2.06. The highest BCUT2D eigenvalue weighted by Gasteiger charge is 1.95. The molecule has 0 atom stereocenters. The number of aliphatic hydroxyl groups excluding tert-OH is 1. The summed E-state index contributed by atoms with van der Waals surface area (Å²) in [5.74, 6) is 0. The zero-order chi connectivity index (χ0) is 8.10. The van der Waals surface area contributed by atoms with Crippen molar-refractivity contribution in [1.29, 1.82) is 0 Å². The van der Waals surface area contributed by atoms with Gasteiger partial charge in [0.2, 0.25) is 0 Å². The molecule has 2 heteroatoms. The lowest BCUT2D eigenvalue weighted by atomic mass is 10.1. The van der Waals surface area contributed by atoms with Gasteiger partial charge in [0.1, 0.15) is 6.73 Å². The van der Waals surface area contributed by atoms with E-state index < -0.39 is 0 Å². The summed E-state index contributed by atoms with van der Waals surface area (Å²) in [6.07, 6.45) is 0.989. The van der Waals surface area contributed by atoms with Gasteiger partial charge in [0.25, 0.3) is 0 Å². The molecule has 0 amide bonds. The highest BCUT2D eigenvalue weighted by atomic mass is 16.3. The maximum absolute atomic E-state index is 8.63. The average molecular weight is 151 g/mol. The second kappa shape index (κ2) is 3.98. The summed E-state index contributed by atoms with van der Waals surface area (Å²) >= 11 is 0. The van der Waals surface area contributed by atoms with Crippen LogP contribution in [0.15, 0.2) is 24.3 Å². The third-order valence-corrected chi connectivity index (χ3v) is 1.67. The molecule has 2 nitrogen and oxygen atoms in total. The number of anilines is 1. The fourth-order valence-corrected chi connectivity index (χ4v) is 1.09. The summed E-state index contributed by atoms with van der Waals surface area (Å²) in [6.45, 7) is 2.09. The zero-order valence-corrected chi connectivity index (χ0v) is 6.67. The van der Waals surface area contributed by atoms with Crippen LogP contribution in [0.25, 0.3) is 0 Å². The van der Waals surface area contributed by atoms with Crippen LogP contribution in [0.5, 0.6) is 0 Å². The molecule has 1 aromatic carbocycles. The molecule has 0 unspecified atom stereocenters. The largest absolute Gasteiger partial charge is 0.377 e. The van der Waals surface area contributed by atoms with Gasteiger partial charge in [-0.1, -0.05) is 25.1 Å². The van der Waals surface area contributed by atoms with Crippen LogP contribution < -0.4 is 5.32 Å². The molecule has 0 spiro atoms. The van der Waals surface area contributed by atoms with Crippen molar-refractivity contribution < 1.29 is 5.11 Å². The van der Waals surface area contributed by atoms with E-state index in [9.17, 15) is 0 Å².